The third-order valence-corrected chi connectivity index (χ3v) is 2.91. The van der Waals surface area contributed by atoms with E-state index in [9.17, 15) is 27.3 Å². The molecule has 0 aliphatic heterocycles. The van der Waals surface area contributed by atoms with Gasteiger partial charge in [0.1, 0.15) is 5.02 Å². The molecule has 0 saturated carbocycles. The molecule has 0 atom stereocenters. The lowest BCUT2D eigenvalue weighted by Crippen LogP contribution is -2.17. The minimum atomic E-state index is -4.53. The monoisotopic (exact) mass is 287 g/mol. The van der Waals surface area contributed by atoms with Gasteiger partial charge in [-0.3, -0.25) is 10.1 Å². The lowest BCUT2D eigenvalue weighted by Gasteiger charge is -2.05. The first-order valence-electron chi connectivity index (χ1n) is 3.80. The van der Waals surface area contributed by atoms with E-state index < -0.39 is 42.7 Å². The van der Waals surface area contributed by atoms with Gasteiger partial charge in [-0.2, -0.15) is 0 Å². The second-order valence-corrected chi connectivity index (χ2v) is 4.64. The topological polar surface area (TPSA) is 116 Å². The summed E-state index contributed by atoms with van der Waals surface area (Å²) >= 11 is 5.33. The van der Waals surface area contributed by atoms with Gasteiger partial charge < -0.3 is 0 Å². The zero-order valence-corrected chi connectivity index (χ0v) is 9.37. The van der Waals surface area contributed by atoms with Gasteiger partial charge in [0.2, 0.25) is 5.03 Å². The fourth-order valence-electron chi connectivity index (χ4n) is 0.995. The molecule has 0 bridgehead atoms. The van der Waals surface area contributed by atoms with Crippen LogP contribution in [0.4, 0.5) is 14.5 Å². The average Bonchev–Trinajstić information content (AvgIpc) is 2.14. The third kappa shape index (κ3) is 2.65. The third-order valence-electron chi connectivity index (χ3n) is 1.67. The maximum absolute atomic E-state index is 12.4. The van der Waals surface area contributed by atoms with Crippen molar-refractivity contribution in [3.63, 3.8) is 0 Å². The molecule has 2 N–H and O–H groups in total. The van der Waals surface area contributed by atoms with Crippen molar-refractivity contribution in [2.45, 2.75) is 11.5 Å². The fourth-order valence-corrected chi connectivity index (χ4v) is 1.99. The van der Waals surface area contributed by atoms with E-state index in [0.717, 1.165) is 0 Å². The largest absolute Gasteiger partial charge is 0.326 e. The molecule has 1 heterocycles. The Balaban J connectivity index is 3.69. The van der Waals surface area contributed by atoms with Crippen LogP contribution in [-0.2, 0) is 10.0 Å². The number of hydrogen-bond donors (Lipinski definition) is 1. The Morgan fingerprint density at radius 3 is 2.41 bits per heavy atom. The molecule has 0 aliphatic rings. The highest BCUT2D eigenvalue weighted by Crippen LogP contribution is 2.36. The second-order valence-electron chi connectivity index (χ2n) is 2.78. The van der Waals surface area contributed by atoms with E-state index in [2.05, 4.69) is 10.1 Å². The number of pyridine rings is 1. The summed E-state index contributed by atoms with van der Waals surface area (Å²) in [7, 11) is -4.53. The predicted octanol–water partition coefficient (Wildman–Crippen LogP) is 1.23. The Kier molecular flexibility index (Phi) is 3.59. The van der Waals surface area contributed by atoms with Gasteiger partial charge in [0.05, 0.1) is 10.5 Å². The SMILES string of the molecule is NS(=O)(=O)c1ncc(C(F)F)c(Cl)c1[N+](=O)[O-]. The van der Waals surface area contributed by atoms with E-state index in [4.69, 9.17) is 11.6 Å². The molecule has 94 valence electrons. The van der Waals surface area contributed by atoms with Crippen LogP contribution in [-0.4, -0.2) is 18.3 Å². The molecular weight excluding hydrogens is 284 g/mol. The summed E-state index contributed by atoms with van der Waals surface area (Å²) in [5.41, 5.74) is -2.20. The molecule has 0 radical (unpaired) electrons. The van der Waals surface area contributed by atoms with Crippen molar-refractivity contribution in [2.75, 3.05) is 0 Å². The lowest BCUT2D eigenvalue weighted by atomic mass is 10.3. The molecule has 0 aliphatic carbocycles. The average molecular weight is 288 g/mol. The van der Waals surface area contributed by atoms with Crippen molar-refractivity contribution < 1.29 is 22.1 Å². The number of alkyl halides is 2. The van der Waals surface area contributed by atoms with Crippen LogP contribution in [0.5, 0.6) is 0 Å². The molecule has 1 aromatic heterocycles. The highest BCUT2D eigenvalue weighted by Gasteiger charge is 2.32. The molecule has 0 spiro atoms. The van der Waals surface area contributed by atoms with Crippen LogP contribution >= 0.6 is 11.6 Å². The molecule has 0 saturated heterocycles. The minimum Gasteiger partial charge on any atom is -0.258 e. The number of hydrogen-bond acceptors (Lipinski definition) is 5. The van der Waals surface area contributed by atoms with Crippen LogP contribution in [0.25, 0.3) is 0 Å². The highest BCUT2D eigenvalue weighted by atomic mass is 35.5. The number of primary sulfonamides is 1. The molecule has 0 aromatic carbocycles. The highest BCUT2D eigenvalue weighted by molar-refractivity contribution is 7.89. The molecule has 0 unspecified atom stereocenters. The molecule has 1 rings (SSSR count). The summed E-state index contributed by atoms with van der Waals surface area (Å²) in [5, 5.41) is 13.1. The second kappa shape index (κ2) is 4.47. The quantitative estimate of drug-likeness (QED) is 0.663. The zero-order chi connectivity index (χ0) is 13.4. The van der Waals surface area contributed by atoms with Crippen LogP contribution in [0.2, 0.25) is 5.02 Å². The predicted molar refractivity (Wildman–Crippen MR) is 52.2 cm³/mol. The maximum atomic E-state index is 12.4. The summed E-state index contributed by atoms with van der Waals surface area (Å²) in [6.45, 7) is 0. The fraction of sp³-hybridized carbons (Fsp3) is 0.167. The van der Waals surface area contributed by atoms with E-state index in [1.807, 2.05) is 0 Å². The molecule has 7 nitrogen and oxygen atoms in total. The Labute approximate surface area is 98.4 Å². The van der Waals surface area contributed by atoms with Gasteiger partial charge in [0.25, 0.3) is 16.4 Å². The van der Waals surface area contributed by atoms with Crippen molar-refractivity contribution >= 4 is 27.3 Å². The van der Waals surface area contributed by atoms with Crippen molar-refractivity contribution in [1.82, 2.24) is 4.98 Å². The first-order chi connectivity index (χ1) is 7.66. The van der Waals surface area contributed by atoms with Crippen molar-refractivity contribution in [2.24, 2.45) is 5.14 Å². The van der Waals surface area contributed by atoms with Gasteiger partial charge in [-0.1, -0.05) is 11.6 Å². The van der Waals surface area contributed by atoms with Gasteiger partial charge in [-0.25, -0.2) is 27.3 Å². The number of nitrogens with two attached hydrogens (primary N) is 1. The van der Waals surface area contributed by atoms with Gasteiger partial charge in [-0.15, -0.1) is 0 Å². The van der Waals surface area contributed by atoms with E-state index in [1.54, 1.807) is 0 Å². The van der Waals surface area contributed by atoms with Crippen LogP contribution in [0.3, 0.4) is 0 Å². The molecular formula is C6H4ClF2N3O4S. The van der Waals surface area contributed by atoms with Gasteiger partial charge >= 0.3 is 5.69 Å². The Hall–Kier alpha value is -1.39. The number of nitrogens with zero attached hydrogens (tertiary/aromatic N) is 2. The van der Waals surface area contributed by atoms with E-state index in [0.29, 0.717) is 6.20 Å². The summed E-state index contributed by atoms with van der Waals surface area (Å²) in [6, 6.07) is 0. The summed E-state index contributed by atoms with van der Waals surface area (Å²) in [5.74, 6) is 0. The molecule has 0 fully saturated rings. The standard InChI is InChI=1S/C6H4ClF2N3O4S/c7-3-2(5(8)9)1-11-6(17(10,15)16)4(3)12(13)14/h1,5H,(H2,10,15,16). The summed E-state index contributed by atoms with van der Waals surface area (Å²) in [4.78, 5) is 12.4. The van der Waals surface area contributed by atoms with Crippen molar-refractivity contribution in [3.8, 4) is 0 Å². The van der Waals surface area contributed by atoms with E-state index >= 15 is 0 Å². The maximum Gasteiger partial charge on any atom is 0.326 e. The number of sulfonamides is 1. The van der Waals surface area contributed by atoms with E-state index in [-0.39, 0.29) is 0 Å². The molecule has 0 amide bonds. The van der Waals surface area contributed by atoms with Crippen LogP contribution in [0, 0.1) is 10.1 Å². The zero-order valence-electron chi connectivity index (χ0n) is 7.80. The van der Waals surface area contributed by atoms with Crippen LogP contribution in [0.15, 0.2) is 11.2 Å². The van der Waals surface area contributed by atoms with Crippen molar-refractivity contribution in [3.05, 3.63) is 26.9 Å². The first-order valence-corrected chi connectivity index (χ1v) is 5.72. The van der Waals surface area contributed by atoms with Crippen LogP contribution in [0.1, 0.15) is 12.0 Å². The number of halogens is 3. The number of rotatable bonds is 3. The Bertz CT molecular complexity index is 577. The molecule has 11 heteroatoms. The first kappa shape index (κ1) is 13.7. The summed E-state index contributed by atoms with van der Waals surface area (Å²) in [6.07, 6.45) is -2.69. The van der Waals surface area contributed by atoms with E-state index in [1.165, 1.54) is 0 Å². The lowest BCUT2D eigenvalue weighted by molar-refractivity contribution is -0.388. The Morgan fingerprint density at radius 2 is 2.06 bits per heavy atom. The van der Waals surface area contributed by atoms with Gasteiger partial charge in [-0.05, 0) is 0 Å². The normalized spacial score (nSPS) is 11.8. The van der Waals surface area contributed by atoms with Crippen molar-refractivity contribution in [1.29, 1.82) is 0 Å². The summed E-state index contributed by atoms with van der Waals surface area (Å²) < 4.78 is 46.7. The molecule has 17 heavy (non-hydrogen) atoms. The van der Waals surface area contributed by atoms with Gasteiger partial charge in [0.15, 0.2) is 0 Å². The van der Waals surface area contributed by atoms with Gasteiger partial charge in [0, 0.05) is 6.20 Å². The number of aromatic nitrogens is 1. The van der Waals surface area contributed by atoms with Crippen LogP contribution < -0.4 is 5.14 Å². The Morgan fingerprint density at radius 1 is 1.53 bits per heavy atom. The smallest absolute Gasteiger partial charge is 0.258 e. The number of nitro groups is 1. The molecule has 1 aromatic rings. The minimum absolute atomic E-state index is 0.430.